The Bertz CT molecular complexity index is 344. The molecule has 0 fully saturated rings. The van der Waals surface area contributed by atoms with Crippen molar-refractivity contribution in [2.24, 2.45) is 5.92 Å². The fourth-order valence-electron chi connectivity index (χ4n) is 1.39. The molecule has 0 heterocycles. The van der Waals surface area contributed by atoms with Crippen molar-refractivity contribution in [1.82, 2.24) is 0 Å². The van der Waals surface area contributed by atoms with E-state index in [-0.39, 0.29) is 11.9 Å². The number of hydrogen-bond donors (Lipinski definition) is 1. The fraction of sp³-hybridized carbons (Fsp3) is 0.500. The van der Waals surface area contributed by atoms with Crippen LogP contribution in [0.5, 0.6) is 0 Å². The van der Waals surface area contributed by atoms with E-state index >= 15 is 0 Å². The number of benzene rings is 1. The Morgan fingerprint density at radius 2 is 2.12 bits per heavy atom. The van der Waals surface area contributed by atoms with E-state index in [0.717, 1.165) is 4.47 Å². The SMILES string of the molecule is COCC(Nc1cc(Br)ccc1F)C(C)C. The maximum atomic E-state index is 13.5. The molecule has 0 bridgehead atoms. The molecule has 1 N–H and O–H groups in total. The number of rotatable bonds is 5. The maximum absolute atomic E-state index is 13.5. The highest BCUT2D eigenvalue weighted by Crippen LogP contribution is 2.22. The van der Waals surface area contributed by atoms with Crippen LogP contribution in [0.15, 0.2) is 22.7 Å². The van der Waals surface area contributed by atoms with E-state index in [2.05, 4.69) is 35.1 Å². The van der Waals surface area contributed by atoms with E-state index in [1.54, 1.807) is 19.2 Å². The first-order valence-corrected chi connectivity index (χ1v) is 6.04. The van der Waals surface area contributed by atoms with Crippen LogP contribution >= 0.6 is 15.9 Å². The summed E-state index contributed by atoms with van der Waals surface area (Å²) in [6.45, 7) is 4.71. The summed E-state index contributed by atoms with van der Waals surface area (Å²) in [5.41, 5.74) is 0.505. The average Bonchev–Trinajstić information content (AvgIpc) is 2.22. The summed E-state index contributed by atoms with van der Waals surface area (Å²) in [5.74, 6) is 0.128. The predicted molar refractivity (Wildman–Crippen MR) is 68.2 cm³/mol. The van der Waals surface area contributed by atoms with E-state index in [9.17, 15) is 4.39 Å². The Balaban J connectivity index is 2.80. The van der Waals surface area contributed by atoms with E-state index in [1.165, 1.54) is 6.07 Å². The van der Waals surface area contributed by atoms with Gasteiger partial charge in [0.05, 0.1) is 18.3 Å². The van der Waals surface area contributed by atoms with Crippen molar-refractivity contribution >= 4 is 21.6 Å². The van der Waals surface area contributed by atoms with Crippen LogP contribution in [0.3, 0.4) is 0 Å². The molecular weight excluding hydrogens is 273 g/mol. The first kappa shape index (κ1) is 13.5. The minimum atomic E-state index is -0.245. The fourth-order valence-corrected chi connectivity index (χ4v) is 1.75. The Morgan fingerprint density at radius 3 is 2.69 bits per heavy atom. The number of ether oxygens (including phenoxy) is 1. The van der Waals surface area contributed by atoms with Crippen molar-refractivity contribution in [3.63, 3.8) is 0 Å². The second kappa shape index (κ2) is 6.21. The second-order valence-corrected chi connectivity index (χ2v) is 4.99. The number of hydrogen-bond acceptors (Lipinski definition) is 2. The molecule has 0 saturated heterocycles. The first-order valence-electron chi connectivity index (χ1n) is 5.25. The molecule has 0 saturated carbocycles. The van der Waals surface area contributed by atoms with Gasteiger partial charge in [-0.2, -0.15) is 0 Å². The van der Waals surface area contributed by atoms with Crippen molar-refractivity contribution in [1.29, 1.82) is 0 Å². The highest BCUT2D eigenvalue weighted by Gasteiger charge is 2.14. The Hall–Kier alpha value is -0.610. The summed E-state index contributed by atoms with van der Waals surface area (Å²) in [6, 6.07) is 4.96. The molecule has 0 aliphatic heterocycles. The topological polar surface area (TPSA) is 21.3 Å². The molecule has 1 aromatic carbocycles. The van der Waals surface area contributed by atoms with Crippen molar-refractivity contribution in [3.05, 3.63) is 28.5 Å². The summed E-state index contributed by atoms with van der Waals surface area (Å²) in [5, 5.41) is 3.16. The summed E-state index contributed by atoms with van der Waals surface area (Å²) in [4.78, 5) is 0. The largest absolute Gasteiger partial charge is 0.383 e. The lowest BCUT2D eigenvalue weighted by Gasteiger charge is -2.23. The molecule has 1 rings (SSSR count). The zero-order valence-corrected chi connectivity index (χ0v) is 11.3. The van der Waals surface area contributed by atoms with Crippen LogP contribution in [-0.4, -0.2) is 19.8 Å². The molecule has 16 heavy (non-hydrogen) atoms. The minimum Gasteiger partial charge on any atom is -0.383 e. The second-order valence-electron chi connectivity index (χ2n) is 4.07. The molecular formula is C12H17BrFNO. The molecule has 0 spiro atoms. The Labute approximate surface area is 104 Å². The van der Waals surface area contributed by atoms with Crippen molar-refractivity contribution in [2.75, 3.05) is 19.0 Å². The van der Waals surface area contributed by atoms with Crippen molar-refractivity contribution in [2.45, 2.75) is 19.9 Å². The molecule has 0 radical (unpaired) electrons. The normalized spacial score (nSPS) is 12.9. The quantitative estimate of drug-likeness (QED) is 0.893. The van der Waals surface area contributed by atoms with Gasteiger partial charge in [-0.3, -0.25) is 0 Å². The summed E-state index contributed by atoms with van der Waals surface area (Å²) < 4.78 is 19.5. The van der Waals surface area contributed by atoms with Gasteiger partial charge in [-0.1, -0.05) is 29.8 Å². The van der Waals surface area contributed by atoms with Gasteiger partial charge in [0.15, 0.2) is 0 Å². The first-order chi connectivity index (χ1) is 7.54. The van der Waals surface area contributed by atoms with Gasteiger partial charge >= 0.3 is 0 Å². The summed E-state index contributed by atoms with van der Waals surface area (Å²) in [7, 11) is 1.65. The van der Waals surface area contributed by atoms with Gasteiger partial charge in [0.25, 0.3) is 0 Å². The standard InChI is InChI=1S/C12H17BrFNO/c1-8(2)12(7-16-3)15-11-6-9(13)4-5-10(11)14/h4-6,8,12,15H,7H2,1-3H3. The third kappa shape index (κ3) is 3.76. The lowest BCUT2D eigenvalue weighted by molar-refractivity contribution is 0.171. The van der Waals surface area contributed by atoms with Crippen molar-refractivity contribution < 1.29 is 9.13 Å². The van der Waals surface area contributed by atoms with Crippen molar-refractivity contribution in [3.8, 4) is 0 Å². The lowest BCUT2D eigenvalue weighted by Crippen LogP contribution is -2.30. The molecule has 0 aromatic heterocycles. The molecule has 0 aliphatic carbocycles. The van der Waals surface area contributed by atoms with Gasteiger partial charge in [0, 0.05) is 11.6 Å². The van der Waals surface area contributed by atoms with Crippen LogP contribution in [0.25, 0.3) is 0 Å². The van der Waals surface area contributed by atoms with E-state index in [1.807, 2.05) is 0 Å². The molecule has 1 unspecified atom stereocenters. The Morgan fingerprint density at radius 1 is 1.44 bits per heavy atom. The van der Waals surface area contributed by atoms with Crippen LogP contribution in [0.1, 0.15) is 13.8 Å². The highest BCUT2D eigenvalue weighted by molar-refractivity contribution is 9.10. The minimum absolute atomic E-state index is 0.105. The third-order valence-electron chi connectivity index (χ3n) is 2.42. The molecule has 1 atom stereocenters. The Kier molecular flexibility index (Phi) is 5.22. The van der Waals surface area contributed by atoms with Crippen LogP contribution in [0, 0.1) is 11.7 Å². The van der Waals surface area contributed by atoms with Gasteiger partial charge in [0.1, 0.15) is 5.82 Å². The third-order valence-corrected chi connectivity index (χ3v) is 2.91. The van der Waals surface area contributed by atoms with E-state index in [4.69, 9.17) is 4.74 Å². The number of methoxy groups -OCH3 is 1. The number of nitrogens with one attached hydrogen (secondary N) is 1. The summed E-state index contributed by atoms with van der Waals surface area (Å²) in [6.07, 6.45) is 0. The maximum Gasteiger partial charge on any atom is 0.146 e. The molecule has 0 aliphatic rings. The molecule has 1 aromatic rings. The molecule has 0 amide bonds. The van der Waals surface area contributed by atoms with Crippen LogP contribution in [-0.2, 0) is 4.74 Å². The van der Waals surface area contributed by atoms with Gasteiger partial charge in [-0.25, -0.2) is 4.39 Å². The van der Waals surface area contributed by atoms with Gasteiger partial charge in [-0.15, -0.1) is 0 Å². The zero-order valence-electron chi connectivity index (χ0n) is 9.76. The van der Waals surface area contributed by atoms with Gasteiger partial charge in [0.2, 0.25) is 0 Å². The van der Waals surface area contributed by atoms with Crippen LogP contribution in [0.4, 0.5) is 10.1 Å². The number of halogens is 2. The van der Waals surface area contributed by atoms with E-state index in [0.29, 0.717) is 18.2 Å². The van der Waals surface area contributed by atoms with Crippen LogP contribution < -0.4 is 5.32 Å². The van der Waals surface area contributed by atoms with Crippen LogP contribution in [0.2, 0.25) is 0 Å². The smallest absolute Gasteiger partial charge is 0.146 e. The zero-order chi connectivity index (χ0) is 12.1. The highest BCUT2D eigenvalue weighted by atomic mass is 79.9. The summed E-state index contributed by atoms with van der Waals surface area (Å²) >= 11 is 3.32. The lowest BCUT2D eigenvalue weighted by atomic mass is 10.1. The van der Waals surface area contributed by atoms with Gasteiger partial charge < -0.3 is 10.1 Å². The molecule has 2 nitrogen and oxygen atoms in total. The van der Waals surface area contributed by atoms with E-state index < -0.39 is 0 Å². The van der Waals surface area contributed by atoms with Gasteiger partial charge in [-0.05, 0) is 24.1 Å². The monoisotopic (exact) mass is 289 g/mol. The number of anilines is 1. The molecule has 90 valence electrons. The predicted octanol–water partition coefficient (Wildman–Crippen LogP) is 3.67. The average molecular weight is 290 g/mol. The molecule has 4 heteroatoms.